The summed E-state index contributed by atoms with van der Waals surface area (Å²) < 4.78 is 5.63. The van der Waals surface area contributed by atoms with Gasteiger partial charge in [-0.2, -0.15) is 0 Å². The van der Waals surface area contributed by atoms with Crippen LogP contribution in [0.5, 0.6) is 0 Å². The Kier molecular flexibility index (Phi) is 5.87. The lowest BCUT2D eigenvalue weighted by Gasteiger charge is -2.06. The van der Waals surface area contributed by atoms with Crippen molar-refractivity contribution in [3.63, 3.8) is 0 Å². The number of hydrogen-bond acceptors (Lipinski definition) is 4. The zero-order valence-corrected chi connectivity index (χ0v) is 11.8. The van der Waals surface area contributed by atoms with Crippen molar-refractivity contribution in [2.45, 2.75) is 19.4 Å². The van der Waals surface area contributed by atoms with Crippen molar-refractivity contribution in [3.05, 3.63) is 65.5 Å². The van der Waals surface area contributed by atoms with Crippen LogP contribution >= 0.6 is 0 Å². The molecule has 0 saturated heterocycles. The summed E-state index contributed by atoms with van der Waals surface area (Å²) in [5.41, 5.74) is 4.87. The number of pyridine rings is 1. The van der Waals surface area contributed by atoms with E-state index in [1.54, 1.807) is 24.5 Å². The molecule has 0 saturated carbocycles. The van der Waals surface area contributed by atoms with Crippen molar-refractivity contribution in [1.29, 1.82) is 0 Å². The third-order valence-corrected chi connectivity index (χ3v) is 3.09. The van der Waals surface area contributed by atoms with Gasteiger partial charge in [-0.3, -0.25) is 15.2 Å². The number of benzene rings is 1. The molecule has 2 rings (SSSR count). The Hall–Kier alpha value is -2.24. The van der Waals surface area contributed by atoms with Crippen LogP contribution in [0, 0.1) is 0 Å². The number of aryl methyl sites for hydroxylation is 1. The molecule has 0 aliphatic rings. The minimum atomic E-state index is -0.297. The summed E-state index contributed by atoms with van der Waals surface area (Å²) in [6.45, 7) is 1.16. The Bertz CT molecular complexity index is 573. The highest BCUT2D eigenvalue weighted by Crippen LogP contribution is 2.07. The third kappa shape index (κ3) is 4.98. The first-order valence-corrected chi connectivity index (χ1v) is 6.86. The molecule has 1 aromatic heterocycles. The van der Waals surface area contributed by atoms with Gasteiger partial charge in [0.15, 0.2) is 0 Å². The molecule has 0 spiro atoms. The minimum absolute atomic E-state index is 0.297. The molecule has 3 N–H and O–H groups in total. The summed E-state index contributed by atoms with van der Waals surface area (Å²) in [5, 5.41) is 0. The van der Waals surface area contributed by atoms with Crippen LogP contribution in [0.15, 0.2) is 48.8 Å². The minimum Gasteiger partial charge on any atom is -0.377 e. The normalized spacial score (nSPS) is 10.3. The highest BCUT2D eigenvalue weighted by molar-refractivity contribution is 5.93. The van der Waals surface area contributed by atoms with Crippen LogP contribution in [0.4, 0.5) is 0 Å². The molecule has 0 aliphatic carbocycles. The molecule has 0 atom stereocenters. The smallest absolute Gasteiger partial charge is 0.265 e. The number of nitrogens with two attached hydrogens (primary N) is 1. The summed E-state index contributed by atoms with van der Waals surface area (Å²) in [4.78, 5) is 15.4. The van der Waals surface area contributed by atoms with Crippen molar-refractivity contribution in [2.24, 2.45) is 5.84 Å². The molecule has 110 valence electrons. The standard InChI is InChI=1S/C16H19N3O2/c17-19-16(20)15-5-1-3-14(11-15)12-21-10-2-4-13-6-8-18-9-7-13/h1,3,5-9,11H,2,4,10,12,17H2,(H,19,20). The molecule has 1 aromatic carbocycles. The predicted molar refractivity (Wildman–Crippen MR) is 80.3 cm³/mol. The first kappa shape index (κ1) is 15.2. The van der Waals surface area contributed by atoms with Gasteiger partial charge in [0.05, 0.1) is 6.61 Å². The van der Waals surface area contributed by atoms with Gasteiger partial charge >= 0.3 is 0 Å². The van der Waals surface area contributed by atoms with Gasteiger partial charge in [-0.25, -0.2) is 5.84 Å². The molecule has 2 aromatic rings. The molecule has 0 unspecified atom stereocenters. The van der Waals surface area contributed by atoms with Crippen LogP contribution < -0.4 is 11.3 Å². The summed E-state index contributed by atoms with van der Waals surface area (Å²) in [6.07, 6.45) is 5.51. The van der Waals surface area contributed by atoms with E-state index >= 15 is 0 Å². The highest BCUT2D eigenvalue weighted by atomic mass is 16.5. The Labute approximate surface area is 124 Å². The Morgan fingerprint density at radius 1 is 1.19 bits per heavy atom. The first-order valence-electron chi connectivity index (χ1n) is 6.86. The monoisotopic (exact) mass is 285 g/mol. The van der Waals surface area contributed by atoms with Crippen LogP contribution in [0.1, 0.15) is 27.9 Å². The van der Waals surface area contributed by atoms with Gasteiger partial charge < -0.3 is 4.74 Å². The first-order chi connectivity index (χ1) is 10.3. The number of hydrazine groups is 1. The summed E-state index contributed by atoms with van der Waals surface area (Å²) in [5.74, 6) is 4.82. The topological polar surface area (TPSA) is 77.2 Å². The van der Waals surface area contributed by atoms with Gasteiger partial charge in [0, 0.05) is 24.6 Å². The number of nitrogens with zero attached hydrogens (tertiary/aromatic N) is 1. The van der Waals surface area contributed by atoms with Crippen molar-refractivity contribution < 1.29 is 9.53 Å². The predicted octanol–water partition coefficient (Wildman–Crippen LogP) is 1.83. The maximum atomic E-state index is 11.4. The second-order valence-electron chi connectivity index (χ2n) is 4.69. The van der Waals surface area contributed by atoms with E-state index in [1.807, 2.05) is 24.3 Å². The van der Waals surface area contributed by atoms with E-state index in [2.05, 4.69) is 10.4 Å². The average Bonchev–Trinajstić information content (AvgIpc) is 2.55. The average molecular weight is 285 g/mol. The zero-order valence-electron chi connectivity index (χ0n) is 11.8. The molecular formula is C16H19N3O2. The van der Waals surface area contributed by atoms with Gasteiger partial charge in [0.2, 0.25) is 0 Å². The second-order valence-corrected chi connectivity index (χ2v) is 4.69. The van der Waals surface area contributed by atoms with Gasteiger partial charge in [0.1, 0.15) is 0 Å². The molecule has 0 radical (unpaired) electrons. The second kappa shape index (κ2) is 8.14. The van der Waals surface area contributed by atoms with E-state index in [0.717, 1.165) is 18.4 Å². The van der Waals surface area contributed by atoms with Gasteiger partial charge in [-0.1, -0.05) is 12.1 Å². The van der Waals surface area contributed by atoms with Crippen LogP contribution in [0.3, 0.4) is 0 Å². The maximum Gasteiger partial charge on any atom is 0.265 e. The Morgan fingerprint density at radius 3 is 2.76 bits per heavy atom. The number of aromatic nitrogens is 1. The number of carbonyl (C=O) groups is 1. The zero-order chi connectivity index (χ0) is 14.9. The molecule has 1 amide bonds. The fourth-order valence-electron chi connectivity index (χ4n) is 2.00. The Morgan fingerprint density at radius 2 is 2.00 bits per heavy atom. The lowest BCUT2D eigenvalue weighted by molar-refractivity contribution is 0.0952. The number of hydrogen-bond donors (Lipinski definition) is 2. The number of nitrogens with one attached hydrogen (secondary N) is 1. The van der Waals surface area contributed by atoms with Gasteiger partial charge in [-0.05, 0) is 48.2 Å². The lowest BCUT2D eigenvalue weighted by Crippen LogP contribution is -2.29. The van der Waals surface area contributed by atoms with Crippen LogP contribution in [-0.2, 0) is 17.8 Å². The largest absolute Gasteiger partial charge is 0.377 e. The van der Waals surface area contributed by atoms with E-state index in [0.29, 0.717) is 18.8 Å². The van der Waals surface area contributed by atoms with Crippen molar-refractivity contribution in [3.8, 4) is 0 Å². The Balaban J connectivity index is 1.72. The number of carbonyl (C=O) groups excluding carboxylic acids is 1. The number of rotatable bonds is 7. The molecule has 0 bridgehead atoms. The number of nitrogen functional groups attached to an aromatic ring is 1. The highest BCUT2D eigenvalue weighted by Gasteiger charge is 2.03. The third-order valence-electron chi connectivity index (χ3n) is 3.09. The maximum absolute atomic E-state index is 11.4. The number of amides is 1. The fourth-order valence-corrected chi connectivity index (χ4v) is 2.00. The molecule has 0 aliphatic heterocycles. The van der Waals surface area contributed by atoms with Gasteiger partial charge in [-0.15, -0.1) is 0 Å². The molecule has 21 heavy (non-hydrogen) atoms. The van der Waals surface area contributed by atoms with Crippen molar-refractivity contribution >= 4 is 5.91 Å². The van der Waals surface area contributed by atoms with E-state index in [-0.39, 0.29) is 5.91 Å². The molecule has 5 nitrogen and oxygen atoms in total. The van der Waals surface area contributed by atoms with Gasteiger partial charge in [0.25, 0.3) is 5.91 Å². The van der Waals surface area contributed by atoms with E-state index in [1.165, 1.54) is 5.56 Å². The van der Waals surface area contributed by atoms with Crippen molar-refractivity contribution in [2.75, 3.05) is 6.61 Å². The quantitative estimate of drug-likeness (QED) is 0.352. The van der Waals surface area contributed by atoms with Crippen molar-refractivity contribution in [1.82, 2.24) is 10.4 Å². The van der Waals surface area contributed by atoms with E-state index in [4.69, 9.17) is 10.6 Å². The summed E-state index contributed by atoms with van der Waals surface area (Å²) in [7, 11) is 0. The molecule has 5 heteroatoms. The number of ether oxygens (including phenoxy) is 1. The van der Waals surface area contributed by atoms with E-state index < -0.39 is 0 Å². The summed E-state index contributed by atoms with van der Waals surface area (Å²) >= 11 is 0. The SMILES string of the molecule is NNC(=O)c1cccc(COCCCc2ccncc2)c1. The molecule has 0 fully saturated rings. The molecular weight excluding hydrogens is 266 g/mol. The van der Waals surface area contributed by atoms with E-state index in [9.17, 15) is 4.79 Å². The van der Waals surface area contributed by atoms with Crippen LogP contribution in [0.2, 0.25) is 0 Å². The molecule has 1 heterocycles. The lowest BCUT2D eigenvalue weighted by atomic mass is 10.1. The van der Waals surface area contributed by atoms with Crippen LogP contribution in [-0.4, -0.2) is 17.5 Å². The van der Waals surface area contributed by atoms with Crippen LogP contribution in [0.25, 0.3) is 0 Å². The fraction of sp³-hybridized carbons (Fsp3) is 0.250. The summed E-state index contributed by atoms with van der Waals surface area (Å²) in [6, 6.07) is 11.3.